The Morgan fingerprint density at radius 2 is 1.81 bits per heavy atom. The first-order valence-electron chi connectivity index (χ1n) is 12.5. The maximum Gasteiger partial charge on any atom is 0.356 e. The zero-order valence-electron chi connectivity index (χ0n) is 21.8. The van der Waals surface area contributed by atoms with Gasteiger partial charge in [0.25, 0.3) is 0 Å². The molecule has 1 aromatic heterocycles. The van der Waals surface area contributed by atoms with E-state index in [4.69, 9.17) is 20.8 Å². The molecule has 0 atom stereocenters. The number of benzene rings is 4. The van der Waals surface area contributed by atoms with Crippen LogP contribution in [0.2, 0.25) is 5.02 Å². The van der Waals surface area contributed by atoms with Crippen molar-refractivity contribution in [2.45, 2.75) is 0 Å². The van der Waals surface area contributed by atoms with E-state index < -0.39 is 17.4 Å². The van der Waals surface area contributed by atoms with Crippen LogP contribution in [0.25, 0.3) is 44.3 Å². The first kappa shape index (κ1) is 26.7. The topological polar surface area (TPSA) is 139 Å². The van der Waals surface area contributed by atoms with Gasteiger partial charge < -0.3 is 19.4 Å². The predicted octanol–water partition coefficient (Wildman–Crippen LogP) is 6.71. The van der Waals surface area contributed by atoms with Crippen LogP contribution in [0.15, 0.2) is 93.1 Å². The number of hydrogen-bond donors (Lipinski definition) is 2. The van der Waals surface area contributed by atoms with Gasteiger partial charge in [-0.1, -0.05) is 48.0 Å². The number of carbonyl (C=O) groups is 2. The van der Waals surface area contributed by atoms with Gasteiger partial charge in [-0.3, -0.25) is 9.79 Å². The van der Waals surface area contributed by atoms with E-state index in [1.54, 1.807) is 48.5 Å². The number of para-hydroxylation sites is 1. The molecule has 10 heteroatoms. The molecule has 3 aromatic carbocycles. The number of hydrogen-bond acceptors (Lipinski definition) is 8. The van der Waals surface area contributed by atoms with Crippen LogP contribution in [-0.2, 0) is 4.74 Å². The van der Waals surface area contributed by atoms with Crippen molar-refractivity contribution in [3.63, 3.8) is 0 Å². The molecule has 0 radical (unpaired) electrons. The summed E-state index contributed by atoms with van der Waals surface area (Å²) in [5.74, 6) is -1.77. The predicted molar refractivity (Wildman–Crippen MR) is 159 cm³/mol. The lowest BCUT2D eigenvalue weighted by atomic mass is 9.90. The SMILES string of the molecule is COC(=O)c1ccc2cccc(/N=C/c3c(O)ccc4c(-c5ccccc5C(=O)O)c5cc(Cl)c(=O)cc-5oc34)c2n1. The van der Waals surface area contributed by atoms with Crippen molar-refractivity contribution in [1.29, 1.82) is 0 Å². The number of phenols is 1. The van der Waals surface area contributed by atoms with Crippen LogP contribution in [-0.4, -0.2) is 40.5 Å². The molecule has 4 aromatic rings. The van der Waals surface area contributed by atoms with E-state index in [9.17, 15) is 24.6 Å². The normalized spacial score (nSPS) is 11.5. The van der Waals surface area contributed by atoms with Crippen molar-refractivity contribution in [3.05, 3.63) is 111 Å². The fraction of sp³-hybridized carbons (Fsp3) is 0.0312. The van der Waals surface area contributed by atoms with Crippen LogP contribution in [0.1, 0.15) is 26.4 Å². The Labute approximate surface area is 242 Å². The number of carbonyl (C=O) groups excluding carboxylic acids is 1. The highest BCUT2D eigenvalue weighted by atomic mass is 35.5. The molecule has 2 aliphatic rings. The van der Waals surface area contributed by atoms with Gasteiger partial charge in [-0.2, -0.15) is 0 Å². The van der Waals surface area contributed by atoms with Crippen LogP contribution < -0.4 is 5.43 Å². The van der Waals surface area contributed by atoms with E-state index in [1.165, 1.54) is 37.6 Å². The largest absolute Gasteiger partial charge is 0.507 e. The summed E-state index contributed by atoms with van der Waals surface area (Å²) >= 11 is 6.20. The summed E-state index contributed by atoms with van der Waals surface area (Å²) in [6.07, 6.45) is 1.38. The zero-order valence-corrected chi connectivity index (χ0v) is 22.5. The van der Waals surface area contributed by atoms with Gasteiger partial charge >= 0.3 is 11.9 Å². The number of pyridine rings is 1. The molecular weight excluding hydrogens is 560 g/mol. The Morgan fingerprint density at radius 3 is 2.60 bits per heavy atom. The molecule has 42 heavy (non-hydrogen) atoms. The monoisotopic (exact) mass is 578 g/mol. The first-order valence-corrected chi connectivity index (χ1v) is 12.9. The molecule has 0 fully saturated rings. The summed E-state index contributed by atoms with van der Waals surface area (Å²) in [5.41, 5.74) is 2.06. The van der Waals surface area contributed by atoms with Gasteiger partial charge in [0.05, 0.1) is 34.5 Å². The zero-order chi connectivity index (χ0) is 29.5. The van der Waals surface area contributed by atoms with Gasteiger partial charge in [0.1, 0.15) is 22.8 Å². The smallest absolute Gasteiger partial charge is 0.356 e. The van der Waals surface area contributed by atoms with Crippen molar-refractivity contribution in [3.8, 4) is 28.2 Å². The van der Waals surface area contributed by atoms with Gasteiger partial charge in [-0.05, 0) is 42.0 Å². The number of rotatable bonds is 5. The van der Waals surface area contributed by atoms with Crippen molar-refractivity contribution in [2.75, 3.05) is 7.11 Å². The van der Waals surface area contributed by atoms with Crippen molar-refractivity contribution < 1.29 is 29.0 Å². The van der Waals surface area contributed by atoms with E-state index in [2.05, 4.69) is 9.98 Å². The summed E-state index contributed by atoms with van der Waals surface area (Å²) in [6.45, 7) is 0. The first-order chi connectivity index (χ1) is 20.3. The quantitative estimate of drug-likeness (QED) is 0.131. The Morgan fingerprint density at radius 1 is 1.00 bits per heavy atom. The summed E-state index contributed by atoms with van der Waals surface area (Å²) < 4.78 is 11.0. The van der Waals surface area contributed by atoms with E-state index in [0.717, 1.165) is 5.39 Å². The van der Waals surface area contributed by atoms with Crippen LogP contribution in [0.5, 0.6) is 5.75 Å². The molecule has 9 nitrogen and oxygen atoms in total. The number of carboxylic acids is 1. The number of aromatic nitrogens is 1. The van der Waals surface area contributed by atoms with E-state index >= 15 is 0 Å². The number of phenolic OH excluding ortho intramolecular Hbond substituents is 1. The van der Waals surface area contributed by atoms with Crippen LogP contribution >= 0.6 is 11.6 Å². The van der Waals surface area contributed by atoms with E-state index in [0.29, 0.717) is 33.3 Å². The van der Waals surface area contributed by atoms with Crippen molar-refractivity contribution in [2.24, 2.45) is 4.99 Å². The Kier molecular flexibility index (Phi) is 6.64. The highest BCUT2D eigenvalue weighted by Gasteiger charge is 2.24. The lowest BCUT2D eigenvalue weighted by Crippen LogP contribution is -2.05. The van der Waals surface area contributed by atoms with Crippen molar-refractivity contribution >= 4 is 57.3 Å². The number of ether oxygens (including phenoxy) is 1. The maximum absolute atomic E-state index is 12.5. The second-order valence-electron chi connectivity index (χ2n) is 9.28. The lowest BCUT2D eigenvalue weighted by Gasteiger charge is -2.18. The number of esters is 1. The molecule has 0 unspecified atom stereocenters. The van der Waals surface area contributed by atoms with E-state index in [1.807, 2.05) is 6.07 Å². The molecule has 0 spiro atoms. The van der Waals surface area contributed by atoms with Crippen molar-refractivity contribution in [1.82, 2.24) is 4.98 Å². The van der Waals surface area contributed by atoms with Gasteiger partial charge in [-0.25, -0.2) is 14.6 Å². The standard InChI is InChI=1S/C32H19ClN2O7/c1-41-32(40)24-11-9-16-5-4-8-23(29(16)35-24)34-15-21-25(36)12-10-19-28(17-6-2-3-7-18(17)31(38)39)20-13-22(33)26(37)14-27(20)42-30(19)21/h2-15,36H,1H3,(H,38,39)/b34-15+. The maximum atomic E-state index is 12.5. The molecule has 0 saturated heterocycles. The number of halogens is 1. The van der Waals surface area contributed by atoms with Gasteiger partial charge in [0.15, 0.2) is 0 Å². The molecule has 206 valence electrons. The van der Waals surface area contributed by atoms with Gasteiger partial charge in [0, 0.05) is 34.2 Å². The highest BCUT2D eigenvalue weighted by molar-refractivity contribution is 6.31. The summed E-state index contributed by atoms with van der Waals surface area (Å²) in [6, 6.07) is 20.7. The molecule has 6 rings (SSSR count). The average Bonchev–Trinajstić information content (AvgIpc) is 2.99. The molecule has 1 aliphatic carbocycles. The number of fused-ring (bicyclic) bond motifs is 3. The van der Waals surface area contributed by atoms with Gasteiger partial charge in [0.2, 0.25) is 5.43 Å². The van der Waals surface area contributed by atoms with Gasteiger partial charge in [-0.15, -0.1) is 0 Å². The van der Waals surface area contributed by atoms with E-state index in [-0.39, 0.29) is 38.9 Å². The Balaban J connectivity index is 1.64. The number of nitrogens with zero attached hydrogens (tertiary/aromatic N) is 2. The minimum atomic E-state index is -1.14. The lowest BCUT2D eigenvalue weighted by molar-refractivity contribution is 0.0593. The number of methoxy groups -OCH3 is 1. The summed E-state index contributed by atoms with van der Waals surface area (Å²) in [5, 5.41) is 22.0. The molecule has 0 bridgehead atoms. The Hall–Kier alpha value is -5.54. The second-order valence-corrected chi connectivity index (χ2v) is 9.68. The third-order valence-electron chi connectivity index (χ3n) is 6.81. The number of aromatic hydroxyl groups is 1. The molecule has 1 aliphatic heterocycles. The fourth-order valence-electron chi connectivity index (χ4n) is 4.86. The average molecular weight is 579 g/mol. The molecular formula is C32H19ClN2O7. The third-order valence-corrected chi connectivity index (χ3v) is 7.11. The minimum Gasteiger partial charge on any atom is -0.507 e. The van der Waals surface area contributed by atoms with Crippen LogP contribution in [0, 0.1) is 0 Å². The Bertz CT molecular complexity index is 2130. The van der Waals surface area contributed by atoms with Crippen LogP contribution in [0.4, 0.5) is 5.69 Å². The van der Waals surface area contributed by atoms with Crippen LogP contribution in [0.3, 0.4) is 0 Å². The third kappa shape index (κ3) is 4.51. The molecule has 2 heterocycles. The molecule has 0 saturated carbocycles. The fourth-order valence-corrected chi connectivity index (χ4v) is 5.02. The summed E-state index contributed by atoms with van der Waals surface area (Å²) in [7, 11) is 1.27. The number of aliphatic imine (C=N–C) groups is 1. The summed E-state index contributed by atoms with van der Waals surface area (Å²) in [4.78, 5) is 45.7. The number of aromatic carboxylic acids is 1. The molecule has 2 N–H and O–H groups in total. The molecule has 0 amide bonds. The minimum absolute atomic E-state index is 0.0279. The second kappa shape index (κ2) is 10.5. The number of carboxylic acid groups (broad SMARTS) is 1. The highest BCUT2D eigenvalue weighted by Crippen LogP contribution is 2.44.